The summed E-state index contributed by atoms with van der Waals surface area (Å²) >= 11 is 0. The van der Waals surface area contributed by atoms with Gasteiger partial charge in [0.25, 0.3) is 0 Å². The fourth-order valence-electron chi connectivity index (χ4n) is 2.14. The Labute approximate surface area is 100 Å². The molecule has 0 aromatic heterocycles. The zero-order valence-corrected chi connectivity index (χ0v) is 11.8. The summed E-state index contributed by atoms with van der Waals surface area (Å²) in [4.78, 5) is 3.50. The fourth-order valence-corrected chi connectivity index (χ4v) is 4.57. The lowest BCUT2D eigenvalue weighted by molar-refractivity contribution is 0.0562. The zero-order valence-electron chi connectivity index (χ0n) is 10.8. The van der Waals surface area contributed by atoms with E-state index in [1.165, 1.54) is 25.7 Å². The summed E-state index contributed by atoms with van der Waals surface area (Å²) in [6, 6.07) is 0.510. The second kappa shape index (κ2) is 7.40. The Morgan fingerprint density at radius 2 is 1.38 bits per heavy atom. The van der Waals surface area contributed by atoms with Crippen LogP contribution in [0.5, 0.6) is 0 Å². The van der Waals surface area contributed by atoms with Gasteiger partial charge in [-0.15, -0.1) is 0 Å². The molecule has 1 aliphatic carbocycles. The van der Waals surface area contributed by atoms with Crippen molar-refractivity contribution in [1.29, 1.82) is 0 Å². The average Bonchev–Trinajstić information content (AvgIpc) is 2.71. The summed E-state index contributed by atoms with van der Waals surface area (Å²) in [6.45, 7) is 7.84. The molecule has 4 nitrogen and oxygen atoms in total. The molecule has 0 unspecified atom stereocenters. The molecule has 0 aliphatic heterocycles. The van der Waals surface area contributed by atoms with E-state index >= 15 is 0 Å². The van der Waals surface area contributed by atoms with Crippen LogP contribution in [0.15, 0.2) is 0 Å². The van der Waals surface area contributed by atoms with Crippen molar-refractivity contribution in [2.75, 3.05) is 19.8 Å². The Morgan fingerprint density at radius 1 is 0.938 bits per heavy atom. The third-order valence-electron chi connectivity index (χ3n) is 2.74. The Bertz CT molecular complexity index is 169. The van der Waals surface area contributed by atoms with Crippen molar-refractivity contribution in [2.24, 2.45) is 0 Å². The second-order valence-electron chi connectivity index (χ2n) is 3.98. The standard InChI is InChI=1S/C11H25NO3Si/c1-4-13-16(14-5-2,15-6-3)12-11-9-7-8-10-11/h11-12H,4-10H2,1-3H3. The van der Waals surface area contributed by atoms with Crippen LogP contribution in [0.2, 0.25) is 0 Å². The van der Waals surface area contributed by atoms with Crippen LogP contribution in [0.1, 0.15) is 46.5 Å². The quantitative estimate of drug-likeness (QED) is 0.667. The minimum absolute atomic E-state index is 0.510. The van der Waals surface area contributed by atoms with Gasteiger partial charge in [-0.05, 0) is 33.6 Å². The predicted octanol–water partition coefficient (Wildman–Crippen LogP) is 2.06. The van der Waals surface area contributed by atoms with E-state index in [2.05, 4.69) is 4.98 Å². The maximum atomic E-state index is 5.76. The number of hydrogen-bond acceptors (Lipinski definition) is 4. The van der Waals surface area contributed by atoms with Gasteiger partial charge >= 0.3 is 8.97 Å². The highest BCUT2D eigenvalue weighted by atomic mass is 28.4. The van der Waals surface area contributed by atoms with Gasteiger partial charge in [0.2, 0.25) is 0 Å². The van der Waals surface area contributed by atoms with Crippen molar-refractivity contribution >= 4 is 8.97 Å². The van der Waals surface area contributed by atoms with Gasteiger partial charge in [0, 0.05) is 25.9 Å². The van der Waals surface area contributed by atoms with Crippen LogP contribution in [0.4, 0.5) is 0 Å². The van der Waals surface area contributed by atoms with E-state index in [1.807, 2.05) is 20.8 Å². The Hall–Kier alpha value is 0.0569. The molecule has 1 rings (SSSR count). The molecule has 16 heavy (non-hydrogen) atoms. The van der Waals surface area contributed by atoms with Crippen molar-refractivity contribution in [3.8, 4) is 0 Å². The Morgan fingerprint density at radius 3 is 1.75 bits per heavy atom. The monoisotopic (exact) mass is 247 g/mol. The molecule has 0 aromatic carbocycles. The molecule has 1 fully saturated rings. The van der Waals surface area contributed by atoms with Gasteiger partial charge in [-0.2, -0.15) is 0 Å². The van der Waals surface area contributed by atoms with Gasteiger partial charge in [-0.25, -0.2) is 0 Å². The Kier molecular flexibility index (Phi) is 6.53. The first-order valence-electron chi connectivity index (χ1n) is 6.45. The Balaban J connectivity index is 2.56. The summed E-state index contributed by atoms with van der Waals surface area (Å²) in [5.41, 5.74) is 0. The molecule has 0 spiro atoms. The lowest BCUT2D eigenvalue weighted by Crippen LogP contribution is -2.61. The summed E-state index contributed by atoms with van der Waals surface area (Å²) in [5, 5.41) is 0. The highest BCUT2D eigenvalue weighted by Gasteiger charge is 2.43. The molecule has 0 amide bonds. The van der Waals surface area contributed by atoms with E-state index < -0.39 is 8.97 Å². The first-order chi connectivity index (χ1) is 7.76. The van der Waals surface area contributed by atoms with Gasteiger partial charge in [0.1, 0.15) is 0 Å². The molecule has 0 atom stereocenters. The van der Waals surface area contributed by atoms with E-state index in [0.717, 1.165) is 0 Å². The highest BCUT2D eigenvalue weighted by molar-refractivity contribution is 6.58. The lowest BCUT2D eigenvalue weighted by Gasteiger charge is -2.30. The maximum absolute atomic E-state index is 5.76. The van der Waals surface area contributed by atoms with E-state index in [0.29, 0.717) is 25.9 Å². The molecule has 0 saturated heterocycles. The van der Waals surface area contributed by atoms with Crippen LogP contribution in [-0.2, 0) is 13.3 Å². The van der Waals surface area contributed by atoms with Crippen LogP contribution in [-0.4, -0.2) is 34.8 Å². The van der Waals surface area contributed by atoms with Crippen LogP contribution in [0, 0.1) is 0 Å². The van der Waals surface area contributed by atoms with Crippen molar-refractivity contribution in [3.05, 3.63) is 0 Å². The van der Waals surface area contributed by atoms with E-state index in [1.54, 1.807) is 0 Å². The van der Waals surface area contributed by atoms with Crippen molar-refractivity contribution in [1.82, 2.24) is 4.98 Å². The van der Waals surface area contributed by atoms with Crippen LogP contribution >= 0.6 is 0 Å². The third-order valence-corrected chi connectivity index (χ3v) is 5.51. The van der Waals surface area contributed by atoms with Gasteiger partial charge < -0.3 is 13.3 Å². The molecule has 0 heterocycles. The largest absolute Gasteiger partial charge is 0.597 e. The minimum atomic E-state index is -2.61. The summed E-state index contributed by atoms with van der Waals surface area (Å²) in [6.07, 6.45) is 5.02. The molecule has 96 valence electrons. The molecule has 0 aromatic rings. The van der Waals surface area contributed by atoms with Crippen molar-refractivity contribution in [3.63, 3.8) is 0 Å². The van der Waals surface area contributed by atoms with Gasteiger partial charge in [0.15, 0.2) is 0 Å². The van der Waals surface area contributed by atoms with Crippen LogP contribution in [0.25, 0.3) is 0 Å². The smallest absolute Gasteiger partial charge is 0.361 e. The topological polar surface area (TPSA) is 39.7 Å². The van der Waals surface area contributed by atoms with Crippen molar-refractivity contribution in [2.45, 2.75) is 52.5 Å². The summed E-state index contributed by atoms with van der Waals surface area (Å²) in [7, 11) is -2.61. The van der Waals surface area contributed by atoms with Crippen LogP contribution < -0.4 is 4.98 Å². The minimum Gasteiger partial charge on any atom is -0.361 e. The maximum Gasteiger partial charge on any atom is 0.597 e. The predicted molar refractivity (Wildman–Crippen MR) is 66.0 cm³/mol. The number of nitrogens with one attached hydrogen (secondary N) is 1. The zero-order chi connectivity index (χ0) is 11.9. The molecule has 1 saturated carbocycles. The number of hydrogen-bond donors (Lipinski definition) is 1. The fraction of sp³-hybridized carbons (Fsp3) is 1.00. The summed E-state index contributed by atoms with van der Waals surface area (Å²) in [5.74, 6) is 0. The number of rotatable bonds is 8. The van der Waals surface area contributed by atoms with E-state index in [4.69, 9.17) is 13.3 Å². The third kappa shape index (κ3) is 4.14. The molecule has 1 aliphatic rings. The van der Waals surface area contributed by atoms with E-state index in [-0.39, 0.29) is 0 Å². The molecular weight excluding hydrogens is 222 g/mol. The SMILES string of the molecule is CCO[Si](NC1CCCC1)(OCC)OCC. The first-order valence-corrected chi connectivity index (χ1v) is 8.18. The molecular formula is C11H25NO3Si. The van der Waals surface area contributed by atoms with Gasteiger partial charge in [0.05, 0.1) is 0 Å². The highest BCUT2D eigenvalue weighted by Crippen LogP contribution is 2.20. The molecule has 0 bridgehead atoms. The van der Waals surface area contributed by atoms with Crippen molar-refractivity contribution < 1.29 is 13.3 Å². The summed E-state index contributed by atoms with van der Waals surface area (Å²) < 4.78 is 17.3. The second-order valence-corrected chi connectivity index (χ2v) is 6.25. The first kappa shape index (κ1) is 14.1. The van der Waals surface area contributed by atoms with Gasteiger partial charge in [-0.1, -0.05) is 12.8 Å². The normalized spacial score (nSPS) is 18.2. The van der Waals surface area contributed by atoms with E-state index in [9.17, 15) is 0 Å². The lowest BCUT2D eigenvalue weighted by atomic mass is 10.3. The molecule has 5 heteroatoms. The van der Waals surface area contributed by atoms with Gasteiger partial charge in [-0.3, -0.25) is 4.98 Å². The molecule has 0 radical (unpaired) electrons. The molecule has 1 N–H and O–H groups in total. The van der Waals surface area contributed by atoms with Crippen LogP contribution in [0.3, 0.4) is 0 Å². The average molecular weight is 247 g/mol.